The molecule has 0 atom stereocenters. The van der Waals surface area contributed by atoms with Gasteiger partial charge in [-0.15, -0.1) is 0 Å². The summed E-state index contributed by atoms with van der Waals surface area (Å²) >= 11 is 0. The summed E-state index contributed by atoms with van der Waals surface area (Å²) in [7, 11) is 0. The van der Waals surface area contributed by atoms with Crippen LogP contribution in [0, 0.1) is 15.9 Å². The highest BCUT2D eigenvalue weighted by Gasteiger charge is 2.30. The number of nitrogens with zero attached hydrogens (tertiary/aromatic N) is 3. The highest BCUT2D eigenvalue weighted by Crippen LogP contribution is 2.26. The number of anilines is 1. The number of piperazine rings is 1. The molecule has 0 spiro atoms. The van der Waals surface area contributed by atoms with Gasteiger partial charge in [-0.25, -0.2) is 4.39 Å². The van der Waals surface area contributed by atoms with E-state index in [1.807, 2.05) is 18.7 Å². The fraction of sp³-hybridized carbons (Fsp3) is 0.571. The number of benzene rings is 1. The lowest BCUT2D eigenvalue weighted by atomic mass is 10.0. The third-order valence-corrected chi connectivity index (χ3v) is 4.01. The standard InChI is InChI=1S/C14H20FN3O3/c1-14(2,10-19)17-7-5-16(6-8-17)13-4-3-11(18(20)21)9-12(13)15/h3-4,9,19H,5-8,10H2,1-2H3. The van der Waals surface area contributed by atoms with Crippen molar-refractivity contribution in [2.75, 3.05) is 37.7 Å². The number of non-ortho nitro benzene ring substituents is 1. The molecule has 1 aliphatic rings. The minimum Gasteiger partial charge on any atom is -0.394 e. The Hall–Kier alpha value is -1.73. The number of aliphatic hydroxyl groups is 1. The van der Waals surface area contributed by atoms with E-state index in [2.05, 4.69) is 4.90 Å². The van der Waals surface area contributed by atoms with Gasteiger partial charge in [-0.05, 0) is 19.9 Å². The SMILES string of the molecule is CC(C)(CO)N1CCN(c2ccc([N+](=O)[O-])cc2F)CC1. The molecule has 1 N–H and O–H groups in total. The average Bonchev–Trinajstić information content (AvgIpc) is 2.47. The van der Waals surface area contributed by atoms with Gasteiger partial charge in [-0.1, -0.05) is 0 Å². The van der Waals surface area contributed by atoms with E-state index in [0.29, 0.717) is 31.9 Å². The number of nitro benzene ring substituents is 1. The molecule has 1 aromatic carbocycles. The summed E-state index contributed by atoms with van der Waals surface area (Å²) in [4.78, 5) is 14.1. The first kappa shape index (κ1) is 15.7. The molecule has 116 valence electrons. The topological polar surface area (TPSA) is 69.8 Å². The maximum Gasteiger partial charge on any atom is 0.272 e. The van der Waals surface area contributed by atoms with Crippen molar-refractivity contribution in [3.05, 3.63) is 34.1 Å². The van der Waals surface area contributed by atoms with E-state index in [0.717, 1.165) is 6.07 Å². The summed E-state index contributed by atoms with van der Waals surface area (Å²) in [6.45, 7) is 6.67. The third-order valence-electron chi connectivity index (χ3n) is 4.01. The molecule has 1 aromatic rings. The minimum atomic E-state index is -0.603. The maximum atomic E-state index is 14.0. The van der Waals surface area contributed by atoms with Crippen LogP contribution in [-0.2, 0) is 0 Å². The van der Waals surface area contributed by atoms with Crippen molar-refractivity contribution in [3.8, 4) is 0 Å². The molecule has 0 unspecified atom stereocenters. The molecule has 1 saturated heterocycles. The van der Waals surface area contributed by atoms with Gasteiger partial charge in [0, 0.05) is 37.8 Å². The lowest BCUT2D eigenvalue weighted by molar-refractivity contribution is -0.385. The van der Waals surface area contributed by atoms with E-state index in [9.17, 15) is 19.6 Å². The first-order chi connectivity index (χ1) is 9.85. The van der Waals surface area contributed by atoms with Gasteiger partial charge in [0.25, 0.3) is 5.69 Å². The smallest absolute Gasteiger partial charge is 0.272 e. The zero-order valence-corrected chi connectivity index (χ0v) is 12.3. The van der Waals surface area contributed by atoms with Crippen LogP contribution in [0.25, 0.3) is 0 Å². The Labute approximate surface area is 122 Å². The summed E-state index contributed by atoms with van der Waals surface area (Å²) in [6.07, 6.45) is 0. The van der Waals surface area contributed by atoms with Gasteiger partial charge in [-0.3, -0.25) is 15.0 Å². The Balaban J connectivity index is 2.07. The largest absolute Gasteiger partial charge is 0.394 e. The molecular weight excluding hydrogens is 277 g/mol. The predicted molar refractivity (Wildman–Crippen MR) is 78.0 cm³/mol. The maximum absolute atomic E-state index is 14.0. The number of halogens is 1. The van der Waals surface area contributed by atoms with Crippen LogP contribution in [0.15, 0.2) is 18.2 Å². The Morgan fingerprint density at radius 2 is 1.95 bits per heavy atom. The monoisotopic (exact) mass is 297 g/mol. The van der Waals surface area contributed by atoms with Crippen LogP contribution >= 0.6 is 0 Å². The number of hydrogen-bond acceptors (Lipinski definition) is 5. The van der Waals surface area contributed by atoms with Crippen LogP contribution in [0.3, 0.4) is 0 Å². The second-order valence-electron chi connectivity index (χ2n) is 5.84. The van der Waals surface area contributed by atoms with Crippen molar-refractivity contribution in [2.24, 2.45) is 0 Å². The van der Waals surface area contributed by atoms with E-state index < -0.39 is 10.7 Å². The van der Waals surface area contributed by atoms with Crippen molar-refractivity contribution in [3.63, 3.8) is 0 Å². The number of hydrogen-bond donors (Lipinski definition) is 1. The Kier molecular flexibility index (Phi) is 4.43. The molecule has 1 fully saturated rings. The molecule has 0 radical (unpaired) electrons. The molecule has 1 aliphatic heterocycles. The van der Waals surface area contributed by atoms with Crippen molar-refractivity contribution < 1.29 is 14.4 Å². The summed E-state index contributed by atoms with van der Waals surface area (Å²) in [5, 5.41) is 20.0. The summed E-state index contributed by atoms with van der Waals surface area (Å²) in [5.41, 5.74) is -0.140. The normalized spacial score (nSPS) is 17.0. The van der Waals surface area contributed by atoms with Crippen molar-refractivity contribution in [1.82, 2.24) is 4.90 Å². The third kappa shape index (κ3) is 3.30. The Bertz CT molecular complexity index is 528. The number of rotatable bonds is 4. The summed E-state index contributed by atoms with van der Waals surface area (Å²) in [5.74, 6) is -0.570. The van der Waals surface area contributed by atoms with Crippen molar-refractivity contribution >= 4 is 11.4 Å². The van der Waals surface area contributed by atoms with E-state index in [1.165, 1.54) is 12.1 Å². The molecule has 6 nitrogen and oxygen atoms in total. The Morgan fingerprint density at radius 3 is 2.43 bits per heavy atom. The zero-order valence-electron chi connectivity index (χ0n) is 12.3. The number of nitro groups is 1. The Morgan fingerprint density at radius 1 is 1.33 bits per heavy atom. The van der Waals surface area contributed by atoms with Gasteiger partial charge in [0.2, 0.25) is 0 Å². The van der Waals surface area contributed by atoms with Gasteiger partial charge < -0.3 is 10.0 Å². The predicted octanol–water partition coefficient (Wildman–Crippen LogP) is 1.63. The first-order valence-electron chi connectivity index (χ1n) is 6.90. The molecule has 0 bridgehead atoms. The van der Waals surface area contributed by atoms with Crippen LogP contribution in [0.5, 0.6) is 0 Å². The molecule has 0 aromatic heterocycles. The highest BCUT2D eigenvalue weighted by molar-refractivity contribution is 5.52. The molecule has 7 heteroatoms. The number of aliphatic hydroxyl groups excluding tert-OH is 1. The molecule has 21 heavy (non-hydrogen) atoms. The molecule has 0 amide bonds. The fourth-order valence-electron chi connectivity index (χ4n) is 2.52. The van der Waals surface area contributed by atoms with Crippen LogP contribution in [-0.4, -0.2) is 53.3 Å². The first-order valence-corrected chi connectivity index (χ1v) is 6.90. The van der Waals surface area contributed by atoms with Crippen molar-refractivity contribution in [1.29, 1.82) is 0 Å². The minimum absolute atomic E-state index is 0.0683. The van der Waals surface area contributed by atoms with Crippen LogP contribution in [0.1, 0.15) is 13.8 Å². The second-order valence-corrected chi connectivity index (χ2v) is 5.84. The van der Waals surface area contributed by atoms with Gasteiger partial charge in [0.05, 0.1) is 23.3 Å². The van der Waals surface area contributed by atoms with E-state index in [4.69, 9.17) is 0 Å². The van der Waals surface area contributed by atoms with Gasteiger partial charge in [0.1, 0.15) is 0 Å². The van der Waals surface area contributed by atoms with Gasteiger partial charge in [-0.2, -0.15) is 0 Å². The molecule has 0 aliphatic carbocycles. The fourth-order valence-corrected chi connectivity index (χ4v) is 2.52. The van der Waals surface area contributed by atoms with Crippen LogP contribution in [0.4, 0.5) is 15.8 Å². The lowest BCUT2D eigenvalue weighted by Gasteiger charge is -2.43. The second kappa shape index (κ2) is 5.95. The lowest BCUT2D eigenvalue weighted by Crippen LogP contribution is -2.56. The quantitative estimate of drug-likeness (QED) is 0.675. The van der Waals surface area contributed by atoms with Gasteiger partial charge in [0.15, 0.2) is 5.82 Å². The summed E-state index contributed by atoms with van der Waals surface area (Å²) < 4.78 is 14.0. The van der Waals surface area contributed by atoms with Crippen molar-refractivity contribution in [2.45, 2.75) is 19.4 Å². The summed E-state index contributed by atoms with van der Waals surface area (Å²) in [6, 6.07) is 3.74. The van der Waals surface area contributed by atoms with Gasteiger partial charge >= 0.3 is 0 Å². The molecule has 2 rings (SSSR count). The molecule has 1 heterocycles. The van der Waals surface area contributed by atoms with E-state index in [-0.39, 0.29) is 17.8 Å². The van der Waals surface area contributed by atoms with E-state index in [1.54, 1.807) is 0 Å². The molecule has 0 saturated carbocycles. The van der Waals surface area contributed by atoms with E-state index >= 15 is 0 Å². The highest BCUT2D eigenvalue weighted by atomic mass is 19.1. The van der Waals surface area contributed by atoms with Crippen LogP contribution in [0.2, 0.25) is 0 Å². The molecular formula is C14H20FN3O3. The average molecular weight is 297 g/mol. The van der Waals surface area contributed by atoms with Crippen LogP contribution < -0.4 is 4.90 Å². The zero-order chi connectivity index (χ0) is 15.6.